The second-order valence-electron chi connectivity index (χ2n) is 6.27. The molecule has 1 aromatic heterocycles. The van der Waals surface area contributed by atoms with E-state index in [1.807, 2.05) is 13.8 Å². The van der Waals surface area contributed by atoms with Crippen molar-refractivity contribution >= 4 is 11.9 Å². The minimum absolute atomic E-state index is 0.00475. The van der Waals surface area contributed by atoms with Crippen molar-refractivity contribution < 1.29 is 19.2 Å². The molecular weight excluding hydrogens is 260 g/mol. The maximum Gasteiger partial charge on any atom is 0.326 e. The quantitative estimate of drug-likeness (QED) is 0.884. The molecule has 0 bridgehead atoms. The lowest BCUT2D eigenvalue weighted by molar-refractivity contribution is -0.142. The Morgan fingerprint density at radius 2 is 1.85 bits per heavy atom. The SMILES string of the molecule is Cc1noc(C(C)C)c1C(=O)NC(C(=O)O)C(C)(C)C. The number of hydrogen-bond donors (Lipinski definition) is 2. The lowest BCUT2D eigenvalue weighted by Gasteiger charge is -2.27. The van der Waals surface area contributed by atoms with Crippen molar-refractivity contribution in [3.05, 3.63) is 17.0 Å². The maximum atomic E-state index is 12.3. The van der Waals surface area contributed by atoms with E-state index in [0.29, 0.717) is 17.0 Å². The first-order chi connectivity index (χ1) is 9.05. The molecule has 1 heterocycles. The van der Waals surface area contributed by atoms with Crippen LogP contribution in [0.3, 0.4) is 0 Å². The summed E-state index contributed by atoms with van der Waals surface area (Å²) >= 11 is 0. The zero-order valence-electron chi connectivity index (χ0n) is 12.8. The smallest absolute Gasteiger partial charge is 0.326 e. The van der Waals surface area contributed by atoms with E-state index in [0.717, 1.165) is 0 Å². The molecule has 0 aliphatic heterocycles. The normalized spacial score (nSPS) is 13.3. The van der Waals surface area contributed by atoms with Crippen LogP contribution in [0.2, 0.25) is 0 Å². The highest BCUT2D eigenvalue weighted by Crippen LogP contribution is 2.24. The maximum absolute atomic E-state index is 12.3. The Labute approximate surface area is 118 Å². The molecule has 0 fully saturated rings. The number of carboxylic acid groups (broad SMARTS) is 1. The van der Waals surface area contributed by atoms with Crippen molar-refractivity contribution in [1.82, 2.24) is 10.5 Å². The highest BCUT2D eigenvalue weighted by Gasteiger charge is 2.34. The Hall–Kier alpha value is -1.85. The van der Waals surface area contributed by atoms with Crippen molar-refractivity contribution in [2.24, 2.45) is 5.41 Å². The number of hydrogen-bond acceptors (Lipinski definition) is 4. The van der Waals surface area contributed by atoms with E-state index in [4.69, 9.17) is 4.52 Å². The molecule has 1 atom stereocenters. The minimum atomic E-state index is -1.06. The summed E-state index contributed by atoms with van der Waals surface area (Å²) in [6.07, 6.45) is 0. The van der Waals surface area contributed by atoms with Gasteiger partial charge in [-0.2, -0.15) is 0 Å². The molecule has 0 aliphatic rings. The molecule has 0 spiro atoms. The molecule has 0 aromatic carbocycles. The van der Waals surface area contributed by atoms with E-state index in [1.54, 1.807) is 27.7 Å². The van der Waals surface area contributed by atoms with E-state index in [2.05, 4.69) is 10.5 Å². The van der Waals surface area contributed by atoms with Gasteiger partial charge in [0.15, 0.2) is 5.76 Å². The van der Waals surface area contributed by atoms with Crippen LogP contribution in [0.25, 0.3) is 0 Å². The van der Waals surface area contributed by atoms with Crippen LogP contribution in [-0.4, -0.2) is 28.2 Å². The molecule has 1 amide bonds. The van der Waals surface area contributed by atoms with Crippen molar-refractivity contribution in [3.8, 4) is 0 Å². The zero-order chi connectivity index (χ0) is 15.7. The van der Waals surface area contributed by atoms with Gasteiger partial charge in [-0.1, -0.05) is 39.8 Å². The second kappa shape index (κ2) is 5.64. The van der Waals surface area contributed by atoms with Crippen LogP contribution in [0.5, 0.6) is 0 Å². The van der Waals surface area contributed by atoms with E-state index in [-0.39, 0.29) is 5.92 Å². The van der Waals surface area contributed by atoms with Gasteiger partial charge in [0, 0.05) is 5.92 Å². The van der Waals surface area contributed by atoms with Crippen molar-refractivity contribution in [3.63, 3.8) is 0 Å². The van der Waals surface area contributed by atoms with Gasteiger partial charge in [0.25, 0.3) is 5.91 Å². The molecule has 0 radical (unpaired) electrons. The molecule has 2 N–H and O–H groups in total. The summed E-state index contributed by atoms with van der Waals surface area (Å²) in [6.45, 7) is 10.7. The van der Waals surface area contributed by atoms with Gasteiger partial charge in [0.1, 0.15) is 11.6 Å². The Morgan fingerprint density at radius 1 is 1.30 bits per heavy atom. The monoisotopic (exact) mass is 282 g/mol. The molecule has 6 nitrogen and oxygen atoms in total. The van der Waals surface area contributed by atoms with Crippen molar-refractivity contribution in [2.75, 3.05) is 0 Å². The predicted molar refractivity (Wildman–Crippen MR) is 73.7 cm³/mol. The molecule has 0 saturated heterocycles. The number of aliphatic carboxylic acids is 1. The lowest BCUT2D eigenvalue weighted by Crippen LogP contribution is -2.49. The summed E-state index contributed by atoms with van der Waals surface area (Å²) in [5, 5.41) is 15.6. The fraction of sp³-hybridized carbons (Fsp3) is 0.643. The van der Waals surface area contributed by atoms with Gasteiger partial charge >= 0.3 is 5.97 Å². The second-order valence-corrected chi connectivity index (χ2v) is 6.27. The predicted octanol–water partition coefficient (Wildman–Crippen LogP) is 2.34. The number of rotatable bonds is 4. The number of carbonyl (C=O) groups excluding carboxylic acids is 1. The van der Waals surface area contributed by atoms with Crippen LogP contribution in [-0.2, 0) is 4.79 Å². The van der Waals surface area contributed by atoms with Crippen LogP contribution in [0.15, 0.2) is 4.52 Å². The summed E-state index contributed by atoms with van der Waals surface area (Å²) in [5.41, 5.74) is 0.199. The minimum Gasteiger partial charge on any atom is -0.480 e. The van der Waals surface area contributed by atoms with E-state index in [1.165, 1.54) is 0 Å². The largest absolute Gasteiger partial charge is 0.480 e. The van der Waals surface area contributed by atoms with Crippen LogP contribution < -0.4 is 5.32 Å². The lowest BCUT2D eigenvalue weighted by atomic mass is 9.86. The van der Waals surface area contributed by atoms with Crippen LogP contribution >= 0.6 is 0 Å². The number of nitrogens with one attached hydrogen (secondary N) is 1. The third-order valence-corrected chi connectivity index (χ3v) is 3.03. The third-order valence-electron chi connectivity index (χ3n) is 3.03. The number of aromatic nitrogens is 1. The van der Waals surface area contributed by atoms with Gasteiger partial charge in [-0.25, -0.2) is 4.79 Å². The first-order valence-corrected chi connectivity index (χ1v) is 6.55. The first kappa shape index (κ1) is 16.2. The molecule has 20 heavy (non-hydrogen) atoms. The summed E-state index contributed by atoms with van der Waals surface area (Å²) < 4.78 is 5.15. The zero-order valence-corrected chi connectivity index (χ0v) is 12.8. The van der Waals surface area contributed by atoms with Gasteiger partial charge in [0.05, 0.1) is 5.69 Å². The summed E-state index contributed by atoms with van der Waals surface area (Å²) in [5.74, 6) is -1.06. The van der Waals surface area contributed by atoms with E-state index >= 15 is 0 Å². The molecule has 0 saturated carbocycles. The van der Waals surface area contributed by atoms with Crippen LogP contribution in [0.1, 0.15) is 62.3 Å². The molecule has 1 rings (SSSR count). The van der Waals surface area contributed by atoms with Crippen LogP contribution in [0.4, 0.5) is 0 Å². The molecule has 0 aliphatic carbocycles. The fourth-order valence-corrected chi connectivity index (χ4v) is 1.91. The van der Waals surface area contributed by atoms with Gasteiger partial charge in [-0.15, -0.1) is 0 Å². The number of aryl methyl sites for hydroxylation is 1. The van der Waals surface area contributed by atoms with Gasteiger partial charge in [0.2, 0.25) is 0 Å². The standard InChI is InChI=1S/C14H22N2O4/c1-7(2)10-9(8(3)16-20-10)12(17)15-11(13(18)19)14(4,5)6/h7,11H,1-6H3,(H,15,17)(H,18,19). The summed E-state index contributed by atoms with van der Waals surface area (Å²) in [6, 6.07) is -0.982. The van der Waals surface area contributed by atoms with Gasteiger partial charge in [-0.3, -0.25) is 4.79 Å². The van der Waals surface area contributed by atoms with E-state index < -0.39 is 23.3 Å². The highest BCUT2D eigenvalue weighted by molar-refractivity contribution is 5.98. The summed E-state index contributed by atoms with van der Waals surface area (Å²) in [7, 11) is 0. The van der Waals surface area contributed by atoms with Crippen molar-refractivity contribution in [2.45, 2.75) is 53.5 Å². The molecular formula is C14H22N2O4. The Morgan fingerprint density at radius 3 is 2.25 bits per heavy atom. The number of nitrogens with zero attached hydrogens (tertiary/aromatic N) is 1. The number of carbonyl (C=O) groups is 2. The fourth-order valence-electron chi connectivity index (χ4n) is 1.91. The molecule has 1 aromatic rings. The number of carboxylic acids is 1. The Kier molecular flexibility index (Phi) is 4.57. The number of amides is 1. The van der Waals surface area contributed by atoms with Crippen LogP contribution in [0, 0.1) is 12.3 Å². The molecule has 1 unspecified atom stereocenters. The molecule has 6 heteroatoms. The first-order valence-electron chi connectivity index (χ1n) is 6.55. The van der Waals surface area contributed by atoms with Crippen molar-refractivity contribution in [1.29, 1.82) is 0 Å². The Bertz CT molecular complexity index is 512. The third kappa shape index (κ3) is 3.37. The highest BCUT2D eigenvalue weighted by atomic mass is 16.5. The Balaban J connectivity index is 3.08. The molecule has 112 valence electrons. The average Bonchev–Trinajstić information content (AvgIpc) is 2.65. The van der Waals surface area contributed by atoms with Gasteiger partial charge < -0.3 is 14.9 Å². The average molecular weight is 282 g/mol. The summed E-state index contributed by atoms with van der Waals surface area (Å²) in [4.78, 5) is 23.6. The van der Waals surface area contributed by atoms with E-state index in [9.17, 15) is 14.7 Å². The topological polar surface area (TPSA) is 92.4 Å². The van der Waals surface area contributed by atoms with Gasteiger partial charge in [-0.05, 0) is 12.3 Å².